The fourth-order valence-electron chi connectivity index (χ4n) is 3.09. The molecule has 4 nitrogen and oxygen atoms in total. The Morgan fingerprint density at radius 2 is 2.33 bits per heavy atom. The van der Waals surface area contributed by atoms with E-state index < -0.39 is 0 Å². The predicted octanol–water partition coefficient (Wildman–Crippen LogP) is 1.81. The lowest BCUT2D eigenvalue weighted by Crippen LogP contribution is -2.42. The summed E-state index contributed by atoms with van der Waals surface area (Å²) in [7, 11) is 0. The quantitative estimate of drug-likeness (QED) is 0.870. The van der Waals surface area contributed by atoms with Crippen LogP contribution in [0.3, 0.4) is 0 Å². The molecule has 1 aromatic rings. The average Bonchev–Trinajstić information content (AvgIpc) is 2.86. The number of amides is 1. The molecule has 0 aliphatic carbocycles. The summed E-state index contributed by atoms with van der Waals surface area (Å²) in [6.45, 7) is 5.19. The number of carbonyl (C=O) groups excluding carboxylic acids is 1. The molecule has 1 aliphatic heterocycles. The number of rotatable bonds is 5. The van der Waals surface area contributed by atoms with Gasteiger partial charge in [0.2, 0.25) is 5.91 Å². The topological polar surface area (TPSA) is 58.4 Å². The molecule has 2 rings (SSSR count). The van der Waals surface area contributed by atoms with Crippen molar-refractivity contribution in [2.75, 3.05) is 13.1 Å². The summed E-state index contributed by atoms with van der Waals surface area (Å²) in [5, 5.41) is 2.95. The van der Waals surface area contributed by atoms with Gasteiger partial charge in [0, 0.05) is 32.1 Å². The van der Waals surface area contributed by atoms with Crippen LogP contribution >= 0.6 is 0 Å². The lowest BCUT2D eigenvalue weighted by atomic mass is 9.96. The first kappa shape index (κ1) is 15.9. The van der Waals surface area contributed by atoms with Crippen LogP contribution in [0.25, 0.3) is 0 Å². The summed E-state index contributed by atoms with van der Waals surface area (Å²) >= 11 is 0. The first-order valence-corrected chi connectivity index (χ1v) is 7.53. The maximum atomic E-state index is 13.5. The Kier molecular flexibility index (Phi) is 5.31. The van der Waals surface area contributed by atoms with Crippen molar-refractivity contribution >= 4 is 5.91 Å². The fraction of sp³-hybridized carbons (Fsp3) is 0.562. The van der Waals surface area contributed by atoms with Crippen molar-refractivity contribution in [3.8, 4) is 0 Å². The van der Waals surface area contributed by atoms with E-state index >= 15 is 0 Å². The van der Waals surface area contributed by atoms with Crippen molar-refractivity contribution in [2.24, 2.45) is 5.73 Å². The van der Waals surface area contributed by atoms with Gasteiger partial charge in [0.15, 0.2) is 0 Å². The number of likely N-dealkylation sites (tertiary alicyclic amines) is 1. The van der Waals surface area contributed by atoms with Gasteiger partial charge in [-0.3, -0.25) is 9.69 Å². The summed E-state index contributed by atoms with van der Waals surface area (Å²) < 4.78 is 13.5. The van der Waals surface area contributed by atoms with Crippen LogP contribution in [-0.4, -0.2) is 36.0 Å². The third kappa shape index (κ3) is 4.02. The maximum absolute atomic E-state index is 13.5. The minimum Gasteiger partial charge on any atom is -0.352 e. The highest BCUT2D eigenvalue weighted by Crippen LogP contribution is 2.29. The summed E-state index contributed by atoms with van der Waals surface area (Å²) in [6, 6.07) is 6.75. The Labute approximate surface area is 125 Å². The molecule has 5 heteroatoms. The second kappa shape index (κ2) is 7.00. The van der Waals surface area contributed by atoms with Crippen molar-refractivity contribution < 1.29 is 9.18 Å². The largest absolute Gasteiger partial charge is 0.352 e. The van der Waals surface area contributed by atoms with E-state index in [1.165, 1.54) is 13.0 Å². The van der Waals surface area contributed by atoms with E-state index in [-0.39, 0.29) is 29.8 Å². The number of nitrogens with one attached hydrogen (secondary N) is 1. The molecule has 0 aromatic heterocycles. The second-order valence-corrected chi connectivity index (χ2v) is 5.75. The number of hydrogen-bond donors (Lipinski definition) is 2. The molecule has 1 aromatic carbocycles. The van der Waals surface area contributed by atoms with E-state index in [9.17, 15) is 9.18 Å². The lowest BCUT2D eigenvalue weighted by molar-refractivity contribution is -0.119. The van der Waals surface area contributed by atoms with Gasteiger partial charge in [-0.25, -0.2) is 4.39 Å². The van der Waals surface area contributed by atoms with Gasteiger partial charge in [0.25, 0.3) is 0 Å². The van der Waals surface area contributed by atoms with Gasteiger partial charge < -0.3 is 11.1 Å². The summed E-state index contributed by atoms with van der Waals surface area (Å²) in [4.78, 5) is 13.4. The van der Waals surface area contributed by atoms with E-state index in [4.69, 9.17) is 5.73 Å². The number of nitrogens with zero attached hydrogens (tertiary/aromatic N) is 1. The monoisotopic (exact) mass is 293 g/mol. The molecule has 0 bridgehead atoms. The number of benzene rings is 1. The molecule has 3 N–H and O–H groups in total. The van der Waals surface area contributed by atoms with Gasteiger partial charge in [0.1, 0.15) is 5.82 Å². The molecule has 3 unspecified atom stereocenters. The Morgan fingerprint density at radius 3 is 2.95 bits per heavy atom. The van der Waals surface area contributed by atoms with Crippen LogP contribution in [0.4, 0.5) is 4.39 Å². The van der Waals surface area contributed by atoms with Crippen LogP contribution in [-0.2, 0) is 4.79 Å². The highest BCUT2D eigenvalue weighted by Gasteiger charge is 2.32. The Bertz CT molecular complexity index is 494. The third-order valence-electron chi connectivity index (χ3n) is 4.09. The molecule has 116 valence electrons. The number of hydrogen-bond acceptors (Lipinski definition) is 3. The van der Waals surface area contributed by atoms with E-state index in [0.717, 1.165) is 31.5 Å². The minimum atomic E-state index is -0.238. The normalized spacial score (nSPS) is 22.0. The van der Waals surface area contributed by atoms with Gasteiger partial charge in [-0.05, 0) is 30.5 Å². The van der Waals surface area contributed by atoms with E-state index in [0.29, 0.717) is 0 Å². The van der Waals surface area contributed by atoms with Crippen molar-refractivity contribution in [2.45, 2.75) is 44.8 Å². The van der Waals surface area contributed by atoms with Gasteiger partial charge in [-0.2, -0.15) is 0 Å². The summed E-state index contributed by atoms with van der Waals surface area (Å²) in [5.74, 6) is -0.248. The Balaban J connectivity index is 2.16. The summed E-state index contributed by atoms with van der Waals surface area (Å²) in [5.41, 5.74) is 7.18. The van der Waals surface area contributed by atoms with Gasteiger partial charge >= 0.3 is 0 Å². The molecule has 3 atom stereocenters. The van der Waals surface area contributed by atoms with Gasteiger partial charge in [-0.1, -0.05) is 19.1 Å². The molecular weight excluding hydrogens is 269 g/mol. The first-order valence-electron chi connectivity index (χ1n) is 7.53. The average molecular weight is 293 g/mol. The second-order valence-electron chi connectivity index (χ2n) is 5.75. The highest BCUT2D eigenvalue weighted by atomic mass is 19.1. The third-order valence-corrected chi connectivity index (χ3v) is 4.09. The maximum Gasteiger partial charge on any atom is 0.217 e. The zero-order valence-electron chi connectivity index (χ0n) is 12.7. The van der Waals surface area contributed by atoms with Crippen LogP contribution in [0.5, 0.6) is 0 Å². The van der Waals surface area contributed by atoms with Crippen LogP contribution in [0.2, 0.25) is 0 Å². The minimum absolute atomic E-state index is 0.00976. The van der Waals surface area contributed by atoms with Crippen LogP contribution in [0.15, 0.2) is 24.3 Å². The van der Waals surface area contributed by atoms with Crippen molar-refractivity contribution in [1.29, 1.82) is 0 Å². The summed E-state index contributed by atoms with van der Waals surface area (Å²) in [6.07, 6.45) is 1.73. The molecule has 1 heterocycles. The fourth-order valence-corrected chi connectivity index (χ4v) is 3.09. The zero-order valence-corrected chi connectivity index (χ0v) is 12.7. The molecule has 1 saturated heterocycles. The smallest absolute Gasteiger partial charge is 0.217 e. The van der Waals surface area contributed by atoms with E-state index in [2.05, 4.69) is 10.2 Å². The molecule has 1 amide bonds. The first-order chi connectivity index (χ1) is 10.0. The standard InChI is InChI=1S/C16H24FN3O/c1-3-15(18)16(12-5-4-6-13(17)9-12)20-8-7-14(10-20)19-11(2)21/h4-6,9,14-16H,3,7-8,10,18H2,1-2H3,(H,19,21). The molecule has 0 spiro atoms. The van der Waals surface area contributed by atoms with Crippen LogP contribution in [0.1, 0.15) is 38.3 Å². The van der Waals surface area contributed by atoms with Crippen molar-refractivity contribution in [3.63, 3.8) is 0 Å². The molecule has 0 radical (unpaired) electrons. The van der Waals surface area contributed by atoms with Gasteiger partial charge in [-0.15, -0.1) is 0 Å². The van der Waals surface area contributed by atoms with Gasteiger partial charge in [0.05, 0.1) is 6.04 Å². The predicted molar refractivity (Wildman–Crippen MR) is 81.2 cm³/mol. The van der Waals surface area contributed by atoms with Crippen LogP contribution < -0.4 is 11.1 Å². The Hall–Kier alpha value is -1.46. The number of halogens is 1. The number of carbonyl (C=O) groups is 1. The van der Waals surface area contributed by atoms with E-state index in [1.807, 2.05) is 13.0 Å². The molecule has 21 heavy (non-hydrogen) atoms. The molecule has 1 aliphatic rings. The van der Waals surface area contributed by atoms with Crippen molar-refractivity contribution in [1.82, 2.24) is 10.2 Å². The highest BCUT2D eigenvalue weighted by molar-refractivity contribution is 5.73. The number of nitrogens with two attached hydrogens (primary N) is 1. The van der Waals surface area contributed by atoms with Crippen molar-refractivity contribution in [3.05, 3.63) is 35.6 Å². The van der Waals surface area contributed by atoms with Crippen LogP contribution in [0, 0.1) is 5.82 Å². The molecular formula is C16H24FN3O. The molecule has 0 saturated carbocycles. The van der Waals surface area contributed by atoms with E-state index in [1.54, 1.807) is 12.1 Å². The SMILES string of the molecule is CCC(N)C(c1cccc(F)c1)N1CCC(NC(C)=O)C1. The molecule has 1 fully saturated rings. The Morgan fingerprint density at radius 1 is 1.57 bits per heavy atom. The zero-order chi connectivity index (χ0) is 15.4. The lowest BCUT2D eigenvalue weighted by Gasteiger charge is -2.32.